The van der Waals surface area contributed by atoms with E-state index in [9.17, 15) is 35.0 Å². The molecule has 0 aliphatic rings. The summed E-state index contributed by atoms with van der Waals surface area (Å²) in [5.41, 5.74) is 0.158. The Labute approximate surface area is 156 Å². The molecule has 0 radical (unpaired) electrons. The van der Waals surface area contributed by atoms with Gasteiger partial charge in [0.25, 0.3) is 5.69 Å². The number of nitro groups is 1. The highest BCUT2D eigenvalue weighted by Crippen LogP contribution is 2.34. The number of aromatic hydroxyl groups is 2. The first kappa shape index (κ1) is 19.8. The van der Waals surface area contributed by atoms with E-state index in [0.29, 0.717) is 5.56 Å². The number of phenols is 2. The molecule has 0 saturated heterocycles. The Kier molecular flexibility index (Phi) is 6.03. The molecule has 4 N–H and O–H groups in total. The molecule has 27 heavy (non-hydrogen) atoms. The summed E-state index contributed by atoms with van der Waals surface area (Å²) in [6.45, 7) is -0.259. The second kappa shape index (κ2) is 8.23. The van der Waals surface area contributed by atoms with Crippen LogP contribution in [0.25, 0.3) is 0 Å². The highest BCUT2D eigenvalue weighted by atomic mass is 35.5. The largest absolute Gasteiger partial charge is 0.504 e. The van der Waals surface area contributed by atoms with Gasteiger partial charge in [0.1, 0.15) is 6.61 Å². The zero-order valence-electron chi connectivity index (χ0n) is 13.5. The highest BCUT2D eigenvalue weighted by Gasteiger charge is 2.26. The Hall–Kier alpha value is -3.53. The van der Waals surface area contributed by atoms with Crippen molar-refractivity contribution in [3.63, 3.8) is 0 Å². The van der Waals surface area contributed by atoms with Crippen molar-refractivity contribution < 1.29 is 34.6 Å². The smallest absolute Gasteiger partial charge is 0.408 e. The zero-order chi connectivity index (χ0) is 20.1. The third kappa shape index (κ3) is 4.98. The standard InChI is InChI=1S/C16H13ClN2O8/c17-11-6-13(21)12(20)5-10(11)14(15(22)23)18-16(24)27-7-8-1-3-9(4-2-8)19(25)26/h1-6,14,20-21H,7H2,(H,18,24)(H,22,23). The number of alkyl carbamates (subject to hydrolysis) is 1. The van der Waals surface area contributed by atoms with E-state index < -0.39 is 34.5 Å². The van der Waals surface area contributed by atoms with Crippen LogP contribution in [0.5, 0.6) is 11.5 Å². The van der Waals surface area contributed by atoms with E-state index in [4.69, 9.17) is 16.3 Å². The molecule has 0 bridgehead atoms. The van der Waals surface area contributed by atoms with E-state index in [2.05, 4.69) is 5.32 Å². The molecule has 0 fully saturated rings. The number of hydrogen-bond acceptors (Lipinski definition) is 7. The van der Waals surface area contributed by atoms with Crippen LogP contribution in [0.3, 0.4) is 0 Å². The number of carbonyl (C=O) groups excluding carboxylic acids is 1. The maximum absolute atomic E-state index is 11.9. The lowest BCUT2D eigenvalue weighted by molar-refractivity contribution is -0.384. The van der Waals surface area contributed by atoms with Crippen LogP contribution in [0, 0.1) is 10.1 Å². The molecule has 2 aromatic rings. The maximum atomic E-state index is 11.9. The van der Waals surface area contributed by atoms with Crippen LogP contribution in [0.15, 0.2) is 36.4 Å². The number of ether oxygens (including phenoxy) is 1. The van der Waals surface area contributed by atoms with Crippen molar-refractivity contribution in [2.75, 3.05) is 0 Å². The third-order valence-corrected chi connectivity index (χ3v) is 3.76. The molecule has 10 nitrogen and oxygen atoms in total. The molecule has 0 heterocycles. The fraction of sp³-hybridized carbons (Fsp3) is 0.125. The molecule has 1 atom stereocenters. The molecule has 0 aromatic heterocycles. The average Bonchev–Trinajstić information content (AvgIpc) is 2.61. The van der Waals surface area contributed by atoms with Gasteiger partial charge in [-0.25, -0.2) is 9.59 Å². The molecule has 142 valence electrons. The molecule has 0 aliphatic carbocycles. The molecule has 0 saturated carbocycles. The normalized spacial score (nSPS) is 11.4. The summed E-state index contributed by atoms with van der Waals surface area (Å²) in [6, 6.07) is 5.43. The fourth-order valence-electron chi connectivity index (χ4n) is 2.08. The van der Waals surface area contributed by atoms with Crippen LogP contribution in [0.2, 0.25) is 5.02 Å². The maximum Gasteiger partial charge on any atom is 0.408 e. The Bertz CT molecular complexity index is 885. The SMILES string of the molecule is O=C(NC(C(=O)O)c1cc(O)c(O)cc1Cl)OCc1ccc([N+](=O)[O-])cc1. The number of carboxylic acids is 1. The van der Waals surface area contributed by atoms with E-state index in [0.717, 1.165) is 12.1 Å². The van der Waals surface area contributed by atoms with Gasteiger partial charge in [-0.15, -0.1) is 0 Å². The lowest BCUT2D eigenvalue weighted by Crippen LogP contribution is -2.34. The summed E-state index contributed by atoms with van der Waals surface area (Å²) >= 11 is 5.86. The lowest BCUT2D eigenvalue weighted by Gasteiger charge is -2.17. The monoisotopic (exact) mass is 396 g/mol. The Morgan fingerprint density at radius 3 is 2.33 bits per heavy atom. The summed E-state index contributed by atoms with van der Waals surface area (Å²) in [6.07, 6.45) is -1.09. The van der Waals surface area contributed by atoms with Gasteiger partial charge in [-0.2, -0.15) is 0 Å². The van der Waals surface area contributed by atoms with Gasteiger partial charge in [-0.1, -0.05) is 11.6 Å². The zero-order valence-corrected chi connectivity index (χ0v) is 14.2. The predicted octanol–water partition coefficient (Wildman–Crippen LogP) is 2.71. The van der Waals surface area contributed by atoms with Crippen LogP contribution in [0.4, 0.5) is 10.5 Å². The second-order valence-corrected chi connectivity index (χ2v) is 5.68. The van der Waals surface area contributed by atoms with E-state index in [1.54, 1.807) is 0 Å². The van der Waals surface area contributed by atoms with Gasteiger partial charge < -0.3 is 25.4 Å². The third-order valence-electron chi connectivity index (χ3n) is 3.43. The van der Waals surface area contributed by atoms with Crippen LogP contribution in [0.1, 0.15) is 17.2 Å². The molecular formula is C16H13ClN2O8. The van der Waals surface area contributed by atoms with E-state index in [1.807, 2.05) is 0 Å². The molecule has 0 aliphatic heterocycles. The number of phenolic OH excluding ortho intramolecular Hbond substituents is 2. The van der Waals surface area contributed by atoms with Gasteiger partial charge in [0.15, 0.2) is 17.5 Å². The minimum absolute atomic E-state index is 0.129. The number of aliphatic carboxylic acids is 1. The van der Waals surface area contributed by atoms with Crippen molar-refractivity contribution >= 4 is 29.4 Å². The number of nitro benzene ring substituents is 1. The lowest BCUT2D eigenvalue weighted by atomic mass is 10.1. The average molecular weight is 397 g/mol. The Morgan fingerprint density at radius 1 is 1.19 bits per heavy atom. The molecular weight excluding hydrogens is 384 g/mol. The van der Waals surface area contributed by atoms with Crippen LogP contribution >= 0.6 is 11.6 Å². The Balaban J connectivity index is 2.06. The first-order valence-corrected chi connectivity index (χ1v) is 7.67. The molecule has 0 spiro atoms. The van der Waals surface area contributed by atoms with Gasteiger partial charge in [0.2, 0.25) is 0 Å². The minimum Gasteiger partial charge on any atom is -0.504 e. The molecule has 2 aromatic carbocycles. The summed E-state index contributed by atoms with van der Waals surface area (Å²) in [5, 5.41) is 40.6. The van der Waals surface area contributed by atoms with E-state index >= 15 is 0 Å². The summed E-state index contributed by atoms with van der Waals surface area (Å²) in [4.78, 5) is 33.3. The number of amides is 1. The number of hydrogen-bond donors (Lipinski definition) is 4. The number of carbonyl (C=O) groups is 2. The number of rotatable bonds is 6. The molecule has 1 unspecified atom stereocenters. The topological polar surface area (TPSA) is 159 Å². The number of halogens is 1. The summed E-state index contributed by atoms with van der Waals surface area (Å²) in [7, 11) is 0. The van der Waals surface area contributed by atoms with Gasteiger partial charge in [0.05, 0.1) is 9.95 Å². The number of carboxylic acid groups (broad SMARTS) is 1. The number of benzene rings is 2. The van der Waals surface area contributed by atoms with E-state index in [1.165, 1.54) is 24.3 Å². The van der Waals surface area contributed by atoms with Gasteiger partial charge in [-0.05, 0) is 23.8 Å². The molecule has 2 rings (SSSR count). The van der Waals surface area contributed by atoms with Crippen molar-refractivity contribution in [3.05, 3.63) is 62.7 Å². The van der Waals surface area contributed by atoms with Crippen LogP contribution < -0.4 is 5.32 Å². The van der Waals surface area contributed by atoms with Gasteiger partial charge in [0, 0.05) is 23.8 Å². The first-order valence-electron chi connectivity index (χ1n) is 7.30. The second-order valence-electron chi connectivity index (χ2n) is 5.28. The van der Waals surface area contributed by atoms with Gasteiger partial charge >= 0.3 is 12.1 Å². The predicted molar refractivity (Wildman–Crippen MR) is 91.6 cm³/mol. The minimum atomic E-state index is -1.65. The fourth-order valence-corrected chi connectivity index (χ4v) is 2.35. The Morgan fingerprint density at radius 2 is 1.78 bits per heavy atom. The molecule has 1 amide bonds. The summed E-state index contributed by atoms with van der Waals surface area (Å²) < 4.78 is 4.89. The van der Waals surface area contributed by atoms with Crippen molar-refractivity contribution in [1.29, 1.82) is 0 Å². The van der Waals surface area contributed by atoms with Crippen molar-refractivity contribution in [2.45, 2.75) is 12.6 Å². The summed E-state index contributed by atoms with van der Waals surface area (Å²) in [5.74, 6) is -2.63. The first-order chi connectivity index (χ1) is 12.7. The van der Waals surface area contributed by atoms with Gasteiger partial charge in [-0.3, -0.25) is 10.1 Å². The van der Waals surface area contributed by atoms with Crippen molar-refractivity contribution in [1.82, 2.24) is 5.32 Å². The van der Waals surface area contributed by atoms with Crippen LogP contribution in [-0.2, 0) is 16.1 Å². The van der Waals surface area contributed by atoms with Crippen molar-refractivity contribution in [2.24, 2.45) is 0 Å². The number of nitrogens with one attached hydrogen (secondary N) is 1. The number of non-ortho nitro benzene ring substituents is 1. The quantitative estimate of drug-likeness (QED) is 0.329. The number of nitrogens with zero attached hydrogens (tertiary/aromatic N) is 1. The molecule has 11 heteroatoms. The van der Waals surface area contributed by atoms with Crippen molar-refractivity contribution in [3.8, 4) is 11.5 Å². The van der Waals surface area contributed by atoms with E-state index in [-0.39, 0.29) is 22.9 Å². The van der Waals surface area contributed by atoms with Crippen LogP contribution in [-0.4, -0.2) is 32.3 Å². The highest BCUT2D eigenvalue weighted by molar-refractivity contribution is 6.31.